The van der Waals surface area contributed by atoms with Crippen molar-refractivity contribution in [1.29, 1.82) is 0 Å². The Morgan fingerprint density at radius 3 is 2.73 bits per heavy atom. The first-order valence-electron chi connectivity index (χ1n) is 5.32. The zero-order valence-electron chi connectivity index (χ0n) is 9.25. The molecule has 0 spiro atoms. The summed E-state index contributed by atoms with van der Waals surface area (Å²) in [6, 6.07) is 0. The molecule has 0 bridgehead atoms. The summed E-state index contributed by atoms with van der Waals surface area (Å²) in [6.45, 7) is 2.63. The Kier molecular flexibility index (Phi) is 8.76. The molecular formula is C10H21ClN2O2. The zero-order chi connectivity index (χ0) is 10.2. The van der Waals surface area contributed by atoms with Gasteiger partial charge < -0.3 is 15.4 Å². The molecule has 1 fully saturated rings. The molecule has 1 saturated carbocycles. The van der Waals surface area contributed by atoms with E-state index in [2.05, 4.69) is 10.6 Å². The van der Waals surface area contributed by atoms with Crippen molar-refractivity contribution in [1.82, 2.24) is 10.6 Å². The van der Waals surface area contributed by atoms with Gasteiger partial charge >= 0.3 is 0 Å². The first-order chi connectivity index (χ1) is 6.83. The number of hydrogen-bond acceptors (Lipinski definition) is 3. The summed E-state index contributed by atoms with van der Waals surface area (Å²) in [4.78, 5) is 11.2. The highest BCUT2D eigenvalue weighted by Crippen LogP contribution is 2.28. The summed E-state index contributed by atoms with van der Waals surface area (Å²) < 4.78 is 5.25. The van der Waals surface area contributed by atoms with E-state index < -0.39 is 0 Å². The van der Waals surface area contributed by atoms with Crippen molar-refractivity contribution in [2.75, 3.05) is 33.4 Å². The minimum Gasteiger partial charge on any atom is -0.371 e. The summed E-state index contributed by atoms with van der Waals surface area (Å²) in [5, 5.41) is 5.83. The number of halogens is 1. The average molecular weight is 237 g/mol. The molecule has 1 aliphatic carbocycles. The van der Waals surface area contributed by atoms with Crippen molar-refractivity contribution in [3.8, 4) is 0 Å². The molecule has 0 aromatic heterocycles. The topological polar surface area (TPSA) is 50.4 Å². The van der Waals surface area contributed by atoms with E-state index in [0.29, 0.717) is 0 Å². The van der Waals surface area contributed by atoms with E-state index in [4.69, 9.17) is 4.74 Å². The lowest BCUT2D eigenvalue weighted by Gasteiger charge is -2.05. The summed E-state index contributed by atoms with van der Waals surface area (Å²) in [6.07, 6.45) is 3.50. The van der Waals surface area contributed by atoms with Crippen molar-refractivity contribution in [3.63, 3.8) is 0 Å². The first-order valence-corrected chi connectivity index (χ1v) is 5.32. The van der Waals surface area contributed by atoms with Crippen molar-refractivity contribution in [3.05, 3.63) is 0 Å². The molecule has 1 aliphatic rings. The molecule has 0 unspecified atom stereocenters. The van der Waals surface area contributed by atoms with E-state index in [1.165, 1.54) is 12.8 Å². The predicted octanol–water partition coefficient (Wildman–Crippen LogP) is 0.560. The second-order valence-corrected chi connectivity index (χ2v) is 3.77. The van der Waals surface area contributed by atoms with Crippen molar-refractivity contribution in [2.45, 2.75) is 19.3 Å². The van der Waals surface area contributed by atoms with E-state index in [0.717, 1.165) is 32.0 Å². The van der Waals surface area contributed by atoms with Gasteiger partial charge in [-0.25, -0.2) is 0 Å². The van der Waals surface area contributed by atoms with Gasteiger partial charge in [0, 0.05) is 6.54 Å². The van der Waals surface area contributed by atoms with Crippen LogP contribution in [0.1, 0.15) is 19.3 Å². The van der Waals surface area contributed by atoms with E-state index in [9.17, 15) is 4.79 Å². The van der Waals surface area contributed by atoms with Gasteiger partial charge in [0.15, 0.2) is 0 Å². The van der Waals surface area contributed by atoms with Gasteiger partial charge in [-0.05, 0) is 38.8 Å². The maximum Gasteiger partial charge on any atom is 0.245 e. The van der Waals surface area contributed by atoms with Crippen LogP contribution in [0.4, 0.5) is 0 Å². The molecule has 15 heavy (non-hydrogen) atoms. The number of hydrogen-bond donors (Lipinski definition) is 2. The summed E-state index contributed by atoms with van der Waals surface area (Å²) >= 11 is 0. The second-order valence-electron chi connectivity index (χ2n) is 3.77. The molecule has 1 amide bonds. The number of ether oxygens (including phenoxy) is 1. The summed E-state index contributed by atoms with van der Waals surface area (Å²) in [5.41, 5.74) is 0. The molecule has 0 aliphatic heterocycles. The third kappa shape index (κ3) is 8.66. The number of carbonyl (C=O) groups excluding carboxylic acids is 1. The molecule has 0 aromatic carbocycles. The summed E-state index contributed by atoms with van der Waals surface area (Å²) in [7, 11) is 1.90. The third-order valence-corrected chi connectivity index (χ3v) is 2.21. The SMILES string of the molecule is CNCCCNC(=O)COCC1CC1.Cl. The molecule has 0 radical (unpaired) electrons. The second kappa shape index (κ2) is 8.95. The van der Waals surface area contributed by atoms with Crippen molar-refractivity contribution in [2.24, 2.45) is 5.92 Å². The molecule has 5 heteroatoms. The Bertz CT molecular complexity index is 175. The molecule has 0 saturated heterocycles. The maximum absolute atomic E-state index is 11.2. The molecule has 4 nitrogen and oxygen atoms in total. The van der Waals surface area contributed by atoms with Crippen LogP contribution in [0.5, 0.6) is 0 Å². The fourth-order valence-electron chi connectivity index (χ4n) is 1.15. The highest BCUT2D eigenvalue weighted by molar-refractivity contribution is 5.85. The van der Waals surface area contributed by atoms with Gasteiger partial charge in [-0.15, -0.1) is 12.4 Å². The van der Waals surface area contributed by atoms with Crippen molar-refractivity contribution < 1.29 is 9.53 Å². The number of nitrogens with one attached hydrogen (secondary N) is 2. The van der Waals surface area contributed by atoms with Gasteiger partial charge in [0.05, 0.1) is 6.61 Å². The maximum atomic E-state index is 11.2. The van der Waals surface area contributed by atoms with Crippen LogP contribution in [-0.2, 0) is 9.53 Å². The largest absolute Gasteiger partial charge is 0.371 e. The third-order valence-electron chi connectivity index (χ3n) is 2.21. The van der Waals surface area contributed by atoms with Gasteiger partial charge in [-0.1, -0.05) is 0 Å². The lowest BCUT2D eigenvalue weighted by Crippen LogP contribution is -2.30. The van der Waals surface area contributed by atoms with Gasteiger partial charge in [-0.3, -0.25) is 4.79 Å². The lowest BCUT2D eigenvalue weighted by atomic mass is 10.4. The molecule has 0 atom stereocenters. The smallest absolute Gasteiger partial charge is 0.245 e. The Morgan fingerprint density at radius 2 is 2.13 bits per heavy atom. The minimum atomic E-state index is 0. The Labute approximate surface area is 97.5 Å². The standard InChI is InChI=1S/C10H20N2O2.ClH/c1-11-5-2-6-12-10(13)8-14-7-9-3-4-9;/h9,11H,2-8H2,1H3,(H,12,13);1H. The Hall–Kier alpha value is -0.320. The van der Waals surface area contributed by atoms with E-state index >= 15 is 0 Å². The normalized spacial score (nSPS) is 14.5. The summed E-state index contributed by atoms with van der Waals surface area (Å²) in [5.74, 6) is 0.730. The van der Waals surface area contributed by atoms with Crippen LogP contribution >= 0.6 is 12.4 Å². The fraction of sp³-hybridized carbons (Fsp3) is 0.900. The van der Waals surface area contributed by atoms with Crippen LogP contribution in [0.3, 0.4) is 0 Å². The predicted molar refractivity (Wildman–Crippen MR) is 62.3 cm³/mol. The molecule has 1 rings (SSSR count). The molecule has 0 aromatic rings. The van der Waals surface area contributed by atoms with Crippen LogP contribution in [0.2, 0.25) is 0 Å². The number of carbonyl (C=O) groups is 1. The molecule has 0 heterocycles. The van der Waals surface area contributed by atoms with Crippen molar-refractivity contribution >= 4 is 18.3 Å². The van der Waals surface area contributed by atoms with Crippen LogP contribution in [0, 0.1) is 5.92 Å². The van der Waals surface area contributed by atoms with Gasteiger partial charge in [0.25, 0.3) is 0 Å². The van der Waals surface area contributed by atoms with E-state index in [1.807, 2.05) is 7.05 Å². The minimum absolute atomic E-state index is 0. The monoisotopic (exact) mass is 236 g/mol. The lowest BCUT2D eigenvalue weighted by molar-refractivity contribution is -0.125. The highest BCUT2D eigenvalue weighted by atomic mass is 35.5. The highest BCUT2D eigenvalue weighted by Gasteiger charge is 2.21. The molecule has 2 N–H and O–H groups in total. The number of rotatable bonds is 8. The van der Waals surface area contributed by atoms with E-state index in [-0.39, 0.29) is 24.9 Å². The Balaban J connectivity index is 0.00000196. The molecule has 90 valence electrons. The van der Waals surface area contributed by atoms with Crippen LogP contribution in [0.15, 0.2) is 0 Å². The van der Waals surface area contributed by atoms with Crippen LogP contribution < -0.4 is 10.6 Å². The van der Waals surface area contributed by atoms with Gasteiger partial charge in [0.2, 0.25) is 5.91 Å². The van der Waals surface area contributed by atoms with Gasteiger partial charge in [-0.2, -0.15) is 0 Å². The van der Waals surface area contributed by atoms with Gasteiger partial charge in [0.1, 0.15) is 6.61 Å². The van der Waals surface area contributed by atoms with E-state index in [1.54, 1.807) is 0 Å². The van der Waals surface area contributed by atoms with Crippen LogP contribution in [-0.4, -0.2) is 39.3 Å². The average Bonchev–Trinajstić information content (AvgIpc) is 2.96. The zero-order valence-corrected chi connectivity index (χ0v) is 10.1. The number of amides is 1. The molecular weight excluding hydrogens is 216 g/mol. The quantitative estimate of drug-likeness (QED) is 0.606. The fourth-order valence-corrected chi connectivity index (χ4v) is 1.15. The van der Waals surface area contributed by atoms with Crippen LogP contribution in [0.25, 0.3) is 0 Å². The first kappa shape index (κ1) is 14.7. The Morgan fingerprint density at radius 1 is 1.40 bits per heavy atom.